The zero-order valence-electron chi connectivity index (χ0n) is 14.9. The fourth-order valence-corrected chi connectivity index (χ4v) is 3.06. The maximum atomic E-state index is 11.5. The summed E-state index contributed by atoms with van der Waals surface area (Å²) < 4.78 is 0. The quantitative estimate of drug-likeness (QED) is 0.540. The van der Waals surface area contributed by atoms with E-state index in [1.807, 2.05) is 12.1 Å². The third-order valence-electron chi connectivity index (χ3n) is 4.54. The van der Waals surface area contributed by atoms with Crippen molar-refractivity contribution in [2.45, 2.75) is 25.8 Å². The van der Waals surface area contributed by atoms with Crippen molar-refractivity contribution >= 4 is 17.8 Å². The third-order valence-corrected chi connectivity index (χ3v) is 4.54. The average Bonchev–Trinajstić information content (AvgIpc) is 2.63. The number of nitrogens with two attached hydrogens (primary N) is 1. The minimum absolute atomic E-state index is 0.107. The van der Waals surface area contributed by atoms with Gasteiger partial charge in [-0.05, 0) is 36.5 Å². The van der Waals surface area contributed by atoms with Crippen molar-refractivity contribution in [2.75, 3.05) is 27.2 Å². The van der Waals surface area contributed by atoms with Crippen molar-refractivity contribution in [3.63, 3.8) is 0 Å². The molecule has 25 heavy (non-hydrogen) atoms. The second-order valence-electron chi connectivity index (χ2n) is 6.27. The Labute approximate surface area is 148 Å². The summed E-state index contributed by atoms with van der Waals surface area (Å²) in [6.45, 7) is 2.33. The average molecular weight is 345 g/mol. The van der Waals surface area contributed by atoms with E-state index in [4.69, 9.17) is 5.73 Å². The van der Waals surface area contributed by atoms with Gasteiger partial charge in [0.15, 0.2) is 5.96 Å². The van der Waals surface area contributed by atoms with E-state index in [0.717, 1.165) is 37.5 Å². The van der Waals surface area contributed by atoms with Gasteiger partial charge in [0, 0.05) is 45.7 Å². The number of nitrogens with one attached hydrogen (secondary N) is 2. The Morgan fingerprint density at radius 1 is 1.32 bits per heavy atom. The van der Waals surface area contributed by atoms with Gasteiger partial charge in [0.1, 0.15) is 0 Å². The molecule has 1 heterocycles. The van der Waals surface area contributed by atoms with Crippen molar-refractivity contribution in [3.8, 4) is 0 Å². The number of guanidine groups is 1. The fraction of sp³-hybridized carbons (Fsp3) is 0.500. The lowest BCUT2D eigenvalue weighted by Gasteiger charge is -2.34. The SMILES string of the molecule is CN=C(NCc1cccc(C(N)=O)c1)N1CCC(CC(=O)NC)CC1. The fourth-order valence-electron chi connectivity index (χ4n) is 3.06. The van der Waals surface area contributed by atoms with Crippen molar-refractivity contribution in [1.29, 1.82) is 0 Å². The highest BCUT2D eigenvalue weighted by Crippen LogP contribution is 2.20. The van der Waals surface area contributed by atoms with Crippen LogP contribution in [0.5, 0.6) is 0 Å². The monoisotopic (exact) mass is 345 g/mol. The van der Waals surface area contributed by atoms with Crippen LogP contribution in [0.15, 0.2) is 29.3 Å². The normalized spacial score (nSPS) is 15.8. The molecule has 1 aliphatic rings. The van der Waals surface area contributed by atoms with Crippen LogP contribution in [0.4, 0.5) is 0 Å². The number of aliphatic imine (C=N–C) groups is 1. The maximum absolute atomic E-state index is 11.5. The van der Waals surface area contributed by atoms with Crippen molar-refractivity contribution in [2.24, 2.45) is 16.6 Å². The topological polar surface area (TPSA) is 99.8 Å². The molecule has 0 aromatic heterocycles. The zero-order valence-corrected chi connectivity index (χ0v) is 14.9. The highest BCUT2D eigenvalue weighted by Gasteiger charge is 2.23. The minimum atomic E-state index is -0.426. The summed E-state index contributed by atoms with van der Waals surface area (Å²) in [5, 5.41) is 6.02. The molecule has 0 aliphatic carbocycles. The Balaban J connectivity index is 1.86. The number of hydrogen-bond acceptors (Lipinski definition) is 3. The molecule has 1 saturated heterocycles. The van der Waals surface area contributed by atoms with E-state index < -0.39 is 5.91 Å². The first-order valence-electron chi connectivity index (χ1n) is 8.58. The molecule has 136 valence electrons. The lowest BCUT2D eigenvalue weighted by atomic mass is 9.93. The molecule has 0 bridgehead atoms. The first-order chi connectivity index (χ1) is 12.0. The van der Waals surface area contributed by atoms with Gasteiger partial charge in [0.25, 0.3) is 0 Å². The second kappa shape index (κ2) is 9.05. The number of carbonyl (C=O) groups excluding carboxylic acids is 2. The largest absolute Gasteiger partial charge is 0.366 e. The Hall–Kier alpha value is -2.57. The summed E-state index contributed by atoms with van der Waals surface area (Å²) in [5.41, 5.74) is 6.80. The molecular weight excluding hydrogens is 318 g/mol. The smallest absolute Gasteiger partial charge is 0.248 e. The molecule has 1 fully saturated rings. The summed E-state index contributed by atoms with van der Waals surface area (Å²) in [5.74, 6) is 0.948. The van der Waals surface area contributed by atoms with E-state index in [0.29, 0.717) is 24.4 Å². The summed E-state index contributed by atoms with van der Waals surface area (Å²) in [6.07, 6.45) is 2.55. The molecule has 0 unspecified atom stereocenters. The summed E-state index contributed by atoms with van der Waals surface area (Å²) in [7, 11) is 3.44. The number of primary amides is 1. The molecule has 4 N–H and O–H groups in total. The Morgan fingerprint density at radius 3 is 2.64 bits per heavy atom. The maximum Gasteiger partial charge on any atom is 0.248 e. The van der Waals surface area contributed by atoms with Crippen LogP contribution >= 0.6 is 0 Å². The number of rotatable bonds is 5. The first kappa shape index (κ1) is 18.8. The van der Waals surface area contributed by atoms with Gasteiger partial charge in [-0.3, -0.25) is 14.6 Å². The Morgan fingerprint density at radius 2 is 2.04 bits per heavy atom. The van der Waals surface area contributed by atoms with Crippen LogP contribution in [0.2, 0.25) is 0 Å². The van der Waals surface area contributed by atoms with Crippen LogP contribution in [0.3, 0.4) is 0 Å². The van der Waals surface area contributed by atoms with Crippen LogP contribution in [-0.4, -0.2) is 49.9 Å². The first-order valence-corrected chi connectivity index (χ1v) is 8.58. The number of hydrogen-bond donors (Lipinski definition) is 3. The van der Waals surface area contributed by atoms with Gasteiger partial charge in [0.05, 0.1) is 0 Å². The minimum Gasteiger partial charge on any atom is -0.366 e. The van der Waals surface area contributed by atoms with Crippen LogP contribution in [-0.2, 0) is 11.3 Å². The molecule has 7 heteroatoms. The van der Waals surface area contributed by atoms with E-state index in [2.05, 4.69) is 20.5 Å². The zero-order chi connectivity index (χ0) is 18.2. The van der Waals surface area contributed by atoms with Crippen molar-refractivity contribution in [3.05, 3.63) is 35.4 Å². The van der Waals surface area contributed by atoms with E-state index in [-0.39, 0.29) is 5.91 Å². The van der Waals surface area contributed by atoms with Crippen LogP contribution in [0.25, 0.3) is 0 Å². The van der Waals surface area contributed by atoms with E-state index in [1.165, 1.54) is 0 Å². The summed E-state index contributed by atoms with van der Waals surface area (Å²) in [6, 6.07) is 7.27. The van der Waals surface area contributed by atoms with Gasteiger partial charge < -0.3 is 21.3 Å². The van der Waals surface area contributed by atoms with Gasteiger partial charge in [0.2, 0.25) is 11.8 Å². The standard InChI is InChI=1S/C18H27N5O2/c1-20-16(24)11-13-6-8-23(9-7-13)18(21-2)22-12-14-4-3-5-15(10-14)17(19)25/h3-5,10,13H,6-9,11-12H2,1-2H3,(H2,19,25)(H,20,24)(H,21,22). The van der Waals surface area contributed by atoms with E-state index >= 15 is 0 Å². The molecule has 1 aromatic carbocycles. The number of benzene rings is 1. The van der Waals surface area contributed by atoms with Gasteiger partial charge in [-0.15, -0.1) is 0 Å². The summed E-state index contributed by atoms with van der Waals surface area (Å²) in [4.78, 5) is 29.3. The predicted octanol–water partition coefficient (Wildman–Crippen LogP) is 0.709. The van der Waals surface area contributed by atoms with Crippen molar-refractivity contribution < 1.29 is 9.59 Å². The number of piperidine rings is 1. The number of carbonyl (C=O) groups is 2. The molecule has 1 aliphatic heterocycles. The third kappa shape index (κ3) is 5.48. The predicted molar refractivity (Wildman–Crippen MR) is 98.1 cm³/mol. The van der Waals surface area contributed by atoms with Crippen LogP contribution in [0.1, 0.15) is 35.2 Å². The van der Waals surface area contributed by atoms with Gasteiger partial charge in [-0.2, -0.15) is 0 Å². The second-order valence-corrected chi connectivity index (χ2v) is 6.27. The van der Waals surface area contributed by atoms with Gasteiger partial charge >= 0.3 is 0 Å². The molecule has 2 rings (SSSR count). The van der Waals surface area contributed by atoms with Crippen LogP contribution < -0.4 is 16.4 Å². The molecule has 0 spiro atoms. The molecule has 2 amide bonds. The Kier molecular flexibility index (Phi) is 6.80. The highest BCUT2D eigenvalue weighted by molar-refractivity contribution is 5.92. The lowest BCUT2D eigenvalue weighted by Crippen LogP contribution is -2.45. The molecule has 1 aromatic rings. The molecular formula is C18H27N5O2. The number of nitrogens with zero attached hydrogens (tertiary/aromatic N) is 2. The van der Waals surface area contributed by atoms with Crippen molar-refractivity contribution in [1.82, 2.24) is 15.5 Å². The highest BCUT2D eigenvalue weighted by atomic mass is 16.1. The number of likely N-dealkylation sites (tertiary alicyclic amines) is 1. The summed E-state index contributed by atoms with van der Waals surface area (Å²) >= 11 is 0. The van der Waals surface area contributed by atoms with Crippen LogP contribution in [0, 0.1) is 5.92 Å². The van der Waals surface area contributed by atoms with E-state index in [1.54, 1.807) is 26.2 Å². The number of amides is 2. The van der Waals surface area contributed by atoms with Gasteiger partial charge in [-0.25, -0.2) is 0 Å². The lowest BCUT2D eigenvalue weighted by molar-refractivity contribution is -0.121. The van der Waals surface area contributed by atoms with E-state index in [9.17, 15) is 9.59 Å². The molecule has 7 nitrogen and oxygen atoms in total. The van der Waals surface area contributed by atoms with Gasteiger partial charge in [-0.1, -0.05) is 12.1 Å². The molecule has 0 radical (unpaired) electrons. The molecule has 0 saturated carbocycles. The Bertz CT molecular complexity index is 636. The molecule has 0 atom stereocenters.